The second-order valence-corrected chi connectivity index (χ2v) is 5.41. The Kier molecular flexibility index (Phi) is 5.86. The van der Waals surface area contributed by atoms with Crippen LogP contribution in [-0.2, 0) is 6.54 Å². The molecule has 0 spiro atoms. The minimum atomic E-state index is -1.20. The third-order valence-corrected chi connectivity index (χ3v) is 3.55. The van der Waals surface area contributed by atoms with Crippen molar-refractivity contribution < 1.29 is 14.8 Å². The molecule has 0 aliphatic rings. The number of rotatable bonds is 8. The second-order valence-electron chi connectivity index (χ2n) is 5.41. The van der Waals surface area contributed by atoms with Gasteiger partial charge >= 0.3 is 5.97 Å². The Bertz CT molecular complexity index is 687. The molecule has 0 aliphatic carbocycles. The quantitative estimate of drug-likeness (QED) is 0.508. The number of carbonyl (C=O) groups is 1. The normalized spacial score (nSPS) is 11.7. The van der Waals surface area contributed by atoms with Gasteiger partial charge in [0, 0.05) is 25.2 Å². The first-order chi connectivity index (χ1) is 11.5. The number of hydrogen-bond donors (Lipinski definition) is 3. The molecule has 2 rings (SSSR count). The molecule has 0 heterocycles. The number of para-hydroxylation sites is 1. The summed E-state index contributed by atoms with van der Waals surface area (Å²) in [6, 6.07) is 13.8. The van der Waals surface area contributed by atoms with Crippen molar-refractivity contribution in [3.8, 4) is 0 Å². The predicted octanol–water partition coefficient (Wildman–Crippen LogP) is 2.88. The first-order valence-electron chi connectivity index (χ1n) is 7.51. The van der Waals surface area contributed by atoms with Crippen LogP contribution in [0.4, 0.5) is 11.4 Å². The van der Waals surface area contributed by atoms with Crippen LogP contribution >= 0.6 is 0 Å². The molecule has 2 aromatic rings. The summed E-state index contributed by atoms with van der Waals surface area (Å²) in [5.74, 6) is -1.20. The van der Waals surface area contributed by atoms with E-state index in [9.17, 15) is 20.0 Å². The average Bonchev–Trinajstić information content (AvgIpc) is 2.58. The topological polar surface area (TPSA) is 104 Å². The zero-order valence-corrected chi connectivity index (χ0v) is 13.2. The standard InChI is InChI=1S/C17H19N3O4/c1-12(18-11-13-6-3-2-4-7-13)10-19-16-14(17(21)22)8-5-9-15(16)20(23)24/h2-9,12,18-19H,10-11H2,1H3,(H,21,22). The number of carboxylic acid groups (broad SMARTS) is 1. The van der Waals surface area contributed by atoms with Crippen LogP contribution in [-0.4, -0.2) is 28.6 Å². The van der Waals surface area contributed by atoms with E-state index >= 15 is 0 Å². The van der Waals surface area contributed by atoms with Crippen molar-refractivity contribution in [3.05, 3.63) is 69.8 Å². The molecule has 0 radical (unpaired) electrons. The van der Waals surface area contributed by atoms with Gasteiger partial charge in [0.15, 0.2) is 0 Å². The third-order valence-electron chi connectivity index (χ3n) is 3.55. The summed E-state index contributed by atoms with van der Waals surface area (Å²) in [5.41, 5.74) is 0.800. The van der Waals surface area contributed by atoms with E-state index in [0.717, 1.165) is 5.56 Å². The third kappa shape index (κ3) is 4.53. The molecule has 1 unspecified atom stereocenters. The molecule has 0 saturated heterocycles. The van der Waals surface area contributed by atoms with E-state index in [1.54, 1.807) is 0 Å². The number of carboxylic acids is 1. The van der Waals surface area contributed by atoms with E-state index in [-0.39, 0.29) is 23.0 Å². The average molecular weight is 329 g/mol. The van der Waals surface area contributed by atoms with Crippen LogP contribution in [0.15, 0.2) is 48.5 Å². The smallest absolute Gasteiger partial charge is 0.338 e. The molecule has 0 aliphatic heterocycles. The number of nitrogens with zero attached hydrogens (tertiary/aromatic N) is 1. The SMILES string of the molecule is CC(CNc1c(C(=O)O)cccc1[N+](=O)[O-])NCc1ccccc1. The summed E-state index contributed by atoms with van der Waals surface area (Å²) in [7, 11) is 0. The minimum Gasteiger partial charge on any atom is -0.478 e. The van der Waals surface area contributed by atoms with Crippen LogP contribution in [0.3, 0.4) is 0 Å². The van der Waals surface area contributed by atoms with E-state index in [4.69, 9.17) is 0 Å². The van der Waals surface area contributed by atoms with Crippen LogP contribution in [0, 0.1) is 10.1 Å². The lowest BCUT2D eigenvalue weighted by Crippen LogP contribution is -2.32. The Hall–Kier alpha value is -2.93. The van der Waals surface area contributed by atoms with Gasteiger partial charge in [0.05, 0.1) is 10.5 Å². The Morgan fingerprint density at radius 3 is 2.54 bits per heavy atom. The van der Waals surface area contributed by atoms with E-state index in [0.29, 0.717) is 13.1 Å². The molecule has 0 fully saturated rings. The van der Waals surface area contributed by atoms with Gasteiger partial charge < -0.3 is 15.7 Å². The summed E-state index contributed by atoms with van der Waals surface area (Å²) in [6.07, 6.45) is 0. The number of benzene rings is 2. The Morgan fingerprint density at radius 1 is 1.21 bits per heavy atom. The van der Waals surface area contributed by atoms with Crippen LogP contribution in [0.5, 0.6) is 0 Å². The molecular formula is C17H19N3O4. The summed E-state index contributed by atoms with van der Waals surface area (Å²) in [4.78, 5) is 21.8. The molecule has 0 saturated carbocycles. The second kappa shape index (κ2) is 8.07. The lowest BCUT2D eigenvalue weighted by molar-refractivity contribution is -0.384. The van der Waals surface area contributed by atoms with E-state index < -0.39 is 10.9 Å². The number of nitro groups is 1. The Morgan fingerprint density at radius 2 is 1.92 bits per heavy atom. The van der Waals surface area contributed by atoms with Crippen LogP contribution in [0.1, 0.15) is 22.8 Å². The molecule has 0 bridgehead atoms. The van der Waals surface area contributed by atoms with Gasteiger partial charge in [-0.3, -0.25) is 10.1 Å². The van der Waals surface area contributed by atoms with Gasteiger partial charge in [0.25, 0.3) is 5.69 Å². The van der Waals surface area contributed by atoms with Gasteiger partial charge in [0.2, 0.25) is 0 Å². The highest BCUT2D eigenvalue weighted by Crippen LogP contribution is 2.28. The molecule has 0 amide bonds. The number of nitro benzene ring substituents is 1. The maximum atomic E-state index is 11.3. The monoisotopic (exact) mass is 329 g/mol. The molecule has 126 valence electrons. The minimum absolute atomic E-state index is 0.00772. The highest BCUT2D eigenvalue weighted by Gasteiger charge is 2.21. The van der Waals surface area contributed by atoms with Gasteiger partial charge in [-0.2, -0.15) is 0 Å². The van der Waals surface area contributed by atoms with Crippen molar-refractivity contribution >= 4 is 17.3 Å². The van der Waals surface area contributed by atoms with Crippen molar-refractivity contribution in [1.29, 1.82) is 0 Å². The lowest BCUT2D eigenvalue weighted by Gasteiger charge is -2.16. The van der Waals surface area contributed by atoms with Gasteiger partial charge in [-0.1, -0.05) is 36.4 Å². The maximum absolute atomic E-state index is 11.3. The van der Waals surface area contributed by atoms with Crippen molar-refractivity contribution in [2.24, 2.45) is 0 Å². The predicted molar refractivity (Wildman–Crippen MR) is 91.3 cm³/mol. The molecule has 2 aromatic carbocycles. The molecule has 3 N–H and O–H groups in total. The van der Waals surface area contributed by atoms with Crippen LogP contribution < -0.4 is 10.6 Å². The molecular weight excluding hydrogens is 310 g/mol. The lowest BCUT2D eigenvalue weighted by atomic mass is 10.1. The fourth-order valence-corrected chi connectivity index (χ4v) is 2.27. The zero-order chi connectivity index (χ0) is 17.5. The summed E-state index contributed by atoms with van der Waals surface area (Å²) in [5, 5.41) is 26.5. The largest absolute Gasteiger partial charge is 0.478 e. The van der Waals surface area contributed by atoms with E-state index in [1.165, 1.54) is 18.2 Å². The number of nitrogens with one attached hydrogen (secondary N) is 2. The molecule has 1 atom stereocenters. The van der Waals surface area contributed by atoms with Crippen molar-refractivity contribution in [2.45, 2.75) is 19.5 Å². The van der Waals surface area contributed by atoms with Crippen molar-refractivity contribution in [3.63, 3.8) is 0 Å². The van der Waals surface area contributed by atoms with Crippen LogP contribution in [0.25, 0.3) is 0 Å². The van der Waals surface area contributed by atoms with Crippen molar-refractivity contribution in [1.82, 2.24) is 5.32 Å². The van der Waals surface area contributed by atoms with E-state index in [1.807, 2.05) is 37.3 Å². The van der Waals surface area contributed by atoms with Gasteiger partial charge in [-0.15, -0.1) is 0 Å². The zero-order valence-electron chi connectivity index (χ0n) is 13.2. The molecule has 24 heavy (non-hydrogen) atoms. The molecule has 7 heteroatoms. The summed E-state index contributed by atoms with van der Waals surface area (Å²) < 4.78 is 0. The highest BCUT2D eigenvalue weighted by molar-refractivity contribution is 5.96. The Balaban J connectivity index is 2.02. The number of hydrogen-bond acceptors (Lipinski definition) is 5. The Labute approximate surface area is 139 Å². The van der Waals surface area contributed by atoms with Gasteiger partial charge in [-0.25, -0.2) is 4.79 Å². The fourth-order valence-electron chi connectivity index (χ4n) is 2.27. The van der Waals surface area contributed by atoms with Gasteiger partial charge in [0.1, 0.15) is 5.69 Å². The van der Waals surface area contributed by atoms with Gasteiger partial charge in [-0.05, 0) is 18.6 Å². The highest BCUT2D eigenvalue weighted by atomic mass is 16.6. The number of aromatic carboxylic acids is 1. The first kappa shape index (κ1) is 17.4. The number of anilines is 1. The van der Waals surface area contributed by atoms with Crippen molar-refractivity contribution in [2.75, 3.05) is 11.9 Å². The fraction of sp³-hybridized carbons (Fsp3) is 0.235. The first-order valence-corrected chi connectivity index (χ1v) is 7.51. The van der Waals surface area contributed by atoms with Crippen LogP contribution in [0.2, 0.25) is 0 Å². The maximum Gasteiger partial charge on any atom is 0.338 e. The summed E-state index contributed by atoms with van der Waals surface area (Å²) >= 11 is 0. The summed E-state index contributed by atoms with van der Waals surface area (Å²) in [6.45, 7) is 2.94. The molecule has 7 nitrogen and oxygen atoms in total. The van der Waals surface area contributed by atoms with E-state index in [2.05, 4.69) is 10.6 Å². The molecule has 0 aromatic heterocycles.